The molecule has 5 nitrogen and oxygen atoms in total. The van der Waals surface area contributed by atoms with Crippen LogP contribution in [0.1, 0.15) is 86.1 Å². The molecule has 0 unspecified atom stereocenters. The van der Waals surface area contributed by atoms with Gasteiger partial charge in [-0.05, 0) is 85.9 Å². The van der Waals surface area contributed by atoms with Crippen LogP contribution in [0.15, 0.2) is 70.4 Å². The van der Waals surface area contributed by atoms with Gasteiger partial charge in [0.2, 0.25) is 0 Å². The number of nitrogens with zero attached hydrogens (tertiary/aromatic N) is 2. The van der Waals surface area contributed by atoms with Gasteiger partial charge in [-0.3, -0.25) is 4.99 Å². The Kier molecular flexibility index (Phi) is 9.59. The maximum absolute atomic E-state index is 12.0. The molecule has 4 aromatic rings. The van der Waals surface area contributed by atoms with Gasteiger partial charge in [-0.1, -0.05) is 89.6 Å². The summed E-state index contributed by atoms with van der Waals surface area (Å²) in [5.74, 6) is 0.282. The van der Waals surface area contributed by atoms with Crippen molar-refractivity contribution in [1.82, 2.24) is 0 Å². The Morgan fingerprint density at radius 3 is 1.56 bits per heavy atom. The fourth-order valence-corrected chi connectivity index (χ4v) is 8.96. The molecule has 0 aliphatic rings. The number of benzene rings is 4. The lowest BCUT2D eigenvalue weighted by Crippen LogP contribution is -2.24. The smallest absolute Gasteiger partial charge is 0.155 e. The predicted octanol–water partition coefficient (Wildman–Crippen LogP) is 10.0. The van der Waals surface area contributed by atoms with Crippen molar-refractivity contribution in [3.63, 3.8) is 0 Å². The van der Waals surface area contributed by atoms with E-state index >= 15 is 0 Å². The van der Waals surface area contributed by atoms with E-state index in [9.17, 15) is 10.2 Å². The van der Waals surface area contributed by atoms with Crippen LogP contribution in [0, 0.1) is 34.6 Å². The Labute approximate surface area is 270 Å². The summed E-state index contributed by atoms with van der Waals surface area (Å²) in [5, 5.41) is 25.2. The lowest BCUT2D eigenvalue weighted by Gasteiger charge is -2.31. The van der Waals surface area contributed by atoms with Gasteiger partial charge in [-0.15, -0.1) is 0 Å². The van der Waals surface area contributed by atoms with E-state index in [1.165, 1.54) is 5.56 Å². The molecule has 0 saturated heterocycles. The molecule has 0 amide bonds. The number of aliphatic imine (C=N–C) groups is 1. The largest absolute Gasteiger partial charge is 0.507 e. The minimum atomic E-state index is -3.31. The normalized spacial score (nSPS) is 12.6. The first-order valence-electron chi connectivity index (χ1n) is 15.5. The van der Waals surface area contributed by atoms with Gasteiger partial charge in [0, 0.05) is 30.0 Å². The minimum absolute atomic E-state index is 0.141. The number of phenols is 2. The first kappa shape index (κ1) is 34.2. The van der Waals surface area contributed by atoms with Crippen LogP contribution in [0.25, 0.3) is 0 Å². The van der Waals surface area contributed by atoms with Gasteiger partial charge in [0.1, 0.15) is 11.5 Å². The van der Waals surface area contributed by atoms with E-state index in [2.05, 4.69) is 74.4 Å². The van der Waals surface area contributed by atoms with Gasteiger partial charge in [-0.25, -0.2) is 4.74 Å². The Morgan fingerprint density at radius 2 is 1.11 bits per heavy atom. The molecular formula is C39H49N2O3P. The fourth-order valence-electron chi connectivity index (χ4n) is 5.95. The third-order valence-electron chi connectivity index (χ3n) is 8.16. The van der Waals surface area contributed by atoms with Crippen LogP contribution in [-0.2, 0) is 15.4 Å². The number of aryl methyl sites for hydroxylation is 5. The van der Waals surface area contributed by atoms with E-state index in [-0.39, 0.29) is 22.3 Å². The number of hydrogen-bond donors (Lipinski definition) is 2. The van der Waals surface area contributed by atoms with Crippen LogP contribution in [0.5, 0.6) is 11.5 Å². The molecule has 0 bridgehead atoms. The van der Waals surface area contributed by atoms with Crippen LogP contribution >= 0.6 is 7.28 Å². The van der Waals surface area contributed by atoms with Crippen LogP contribution in [0.4, 0.5) is 11.4 Å². The molecule has 2 N–H and O–H groups in total. The molecule has 0 spiro atoms. The Bertz CT molecular complexity index is 1740. The number of rotatable bonds is 6. The first-order valence-corrected chi connectivity index (χ1v) is 17.1. The Hall–Kier alpha value is -3.66. The molecule has 0 heterocycles. The van der Waals surface area contributed by atoms with E-state index in [1.807, 2.05) is 68.6 Å². The predicted molar refractivity (Wildman–Crippen MR) is 193 cm³/mol. The second kappa shape index (κ2) is 12.6. The summed E-state index contributed by atoms with van der Waals surface area (Å²) in [4.78, 5) is 4.92. The highest BCUT2D eigenvalue weighted by Crippen LogP contribution is 2.56. The average molecular weight is 625 g/mol. The highest BCUT2D eigenvalue weighted by atomic mass is 31.2. The topological polar surface area (TPSA) is 74.4 Å². The Balaban J connectivity index is 2.15. The number of hydrogen-bond acceptors (Lipinski definition) is 5. The Morgan fingerprint density at radius 1 is 0.667 bits per heavy atom. The molecule has 0 atom stereocenters. The van der Waals surface area contributed by atoms with E-state index in [4.69, 9.17) is 14.3 Å². The van der Waals surface area contributed by atoms with E-state index < -0.39 is 7.28 Å². The van der Waals surface area contributed by atoms with Crippen molar-refractivity contribution < 1.29 is 14.7 Å². The van der Waals surface area contributed by atoms with Crippen LogP contribution in [0.3, 0.4) is 0 Å². The van der Waals surface area contributed by atoms with Crippen molar-refractivity contribution in [2.75, 3.05) is 7.11 Å². The third kappa shape index (κ3) is 6.95. The number of phenolic OH excluding ortho intramolecular Hbond substituents is 2. The summed E-state index contributed by atoms with van der Waals surface area (Å²) in [5.41, 5.74) is 8.71. The van der Waals surface area contributed by atoms with Gasteiger partial charge in [0.25, 0.3) is 0 Å². The van der Waals surface area contributed by atoms with Crippen molar-refractivity contribution >= 4 is 35.5 Å². The lowest BCUT2D eigenvalue weighted by molar-refractivity contribution is 0.439. The van der Waals surface area contributed by atoms with Gasteiger partial charge < -0.3 is 14.7 Å². The second-order valence-electron chi connectivity index (χ2n) is 14.3. The van der Waals surface area contributed by atoms with Gasteiger partial charge in [0.05, 0.1) is 22.0 Å². The SMILES string of the molecule is COP(=Nc1ccccc1C=Nc1c(C)cc(C)cc1C)(c1cc(C)cc(C(C)(C)C)c1O)c1cc(C)cc(C(C)(C)C)c1O. The van der Waals surface area contributed by atoms with Crippen LogP contribution in [0.2, 0.25) is 0 Å². The molecule has 4 aromatic carbocycles. The van der Waals surface area contributed by atoms with E-state index in [1.54, 1.807) is 7.11 Å². The quantitative estimate of drug-likeness (QED) is 0.166. The minimum Gasteiger partial charge on any atom is -0.507 e. The standard InChI is InChI=1S/C39H49N2O3P/c1-24-17-27(4)35(28(5)18-24)40-23-29-15-13-14-16-32(29)41-45(44-12,33-21-25(2)19-30(36(33)42)38(6,7)8)34-22-26(3)20-31(37(34)43)39(9,10)11/h13-23,42-43H,1-12H3. The highest BCUT2D eigenvalue weighted by Gasteiger charge is 2.36. The molecule has 0 aliphatic heterocycles. The van der Waals surface area contributed by atoms with Crippen molar-refractivity contribution in [3.05, 3.63) is 105 Å². The summed E-state index contributed by atoms with van der Waals surface area (Å²) < 4.78 is 12.0. The van der Waals surface area contributed by atoms with Gasteiger partial charge in [-0.2, -0.15) is 0 Å². The van der Waals surface area contributed by atoms with Crippen molar-refractivity contribution in [1.29, 1.82) is 0 Å². The molecule has 0 aliphatic carbocycles. The summed E-state index contributed by atoms with van der Waals surface area (Å²) >= 11 is 0. The summed E-state index contributed by atoms with van der Waals surface area (Å²) in [6, 6.07) is 20.1. The maximum Gasteiger partial charge on any atom is 0.155 e. The zero-order valence-electron chi connectivity index (χ0n) is 29.0. The summed E-state index contributed by atoms with van der Waals surface area (Å²) in [6.45, 7) is 22.8. The summed E-state index contributed by atoms with van der Waals surface area (Å²) in [6.07, 6.45) is 1.85. The molecule has 6 heteroatoms. The van der Waals surface area contributed by atoms with Gasteiger partial charge >= 0.3 is 0 Å². The summed E-state index contributed by atoms with van der Waals surface area (Å²) in [7, 11) is -1.68. The molecular weight excluding hydrogens is 575 g/mol. The van der Waals surface area contributed by atoms with Crippen LogP contribution in [-0.4, -0.2) is 23.5 Å². The first-order chi connectivity index (χ1) is 20.9. The van der Waals surface area contributed by atoms with Crippen molar-refractivity contribution in [2.45, 2.75) is 87.0 Å². The van der Waals surface area contributed by atoms with Crippen molar-refractivity contribution in [2.24, 2.45) is 9.74 Å². The zero-order valence-corrected chi connectivity index (χ0v) is 29.9. The number of aromatic hydroxyl groups is 2. The van der Waals surface area contributed by atoms with Crippen molar-refractivity contribution in [3.8, 4) is 11.5 Å². The molecule has 0 saturated carbocycles. The maximum atomic E-state index is 12.0. The third-order valence-corrected chi connectivity index (χ3v) is 11.2. The van der Waals surface area contributed by atoms with Crippen LogP contribution < -0.4 is 10.6 Å². The molecule has 0 fully saturated rings. The zero-order chi connectivity index (χ0) is 33.5. The molecule has 0 aromatic heterocycles. The fraction of sp³-hybridized carbons (Fsp3) is 0.359. The second-order valence-corrected chi connectivity index (χ2v) is 17.0. The van der Waals surface area contributed by atoms with E-state index in [0.29, 0.717) is 16.3 Å². The van der Waals surface area contributed by atoms with Gasteiger partial charge in [0.15, 0.2) is 7.28 Å². The average Bonchev–Trinajstić information content (AvgIpc) is 2.93. The highest BCUT2D eigenvalue weighted by molar-refractivity contribution is 7.77. The lowest BCUT2D eigenvalue weighted by atomic mass is 9.85. The molecule has 45 heavy (non-hydrogen) atoms. The van der Waals surface area contributed by atoms with E-state index in [0.717, 1.165) is 44.6 Å². The molecule has 238 valence electrons. The monoisotopic (exact) mass is 624 g/mol. The molecule has 0 radical (unpaired) electrons. The molecule has 4 rings (SSSR count).